The molecule has 1 amide bonds. The van der Waals surface area contributed by atoms with Crippen LogP contribution in [0.15, 0.2) is 12.1 Å². The molecule has 0 heterocycles. The van der Waals surface area contributed by atoms with E-state index in [9.17, 15) is 13.6 Å². The van der Waals surface area contributed by atoms with E-state index in [0.717, 1.165) is 6.07 Å². The van der Waals surface area contributed by atoms with E-state index < -0.39 is 23.1 Å². The van der Waals surface area contributed by atoms with Crippen molar-refractivity contribution >= 4 is 17.3 Å². The number of amides is 1. The maximum Gasteiger partial charge on any atom is 0.256 e. The number of nitrogens with one attached hydrogen (secondary N) is 1. The molecule has 0 saturated heterocycles. The Morgan fingerprint density at radius 1 is 1.50 bits per heavy atom. The number of benzene rings is 1. The van der Waals surface area contributed by atoms with Gasteiger partial charge in [0.2, 0.25) is 0 Å². The van der Waals surface area contributed by atoms with Gasteiger partial charge in [0.1, 0.15) is 11.3 Å². The van der Waals surface area contributed by atoms with Gasteiger partial charge in [-0.1, -0.05) is 6.92 Å². The van der Waals surface area contributed by atoms with Crippen LogP contribution in [0.1, 0.15) is 20.3 Å². The monoisotopic (exact) mass is 258 g/mol. The van der Waals surface area contributed by atoms with Gasteiger partial charge in [-0.25, -0.2) is 8.78 Å². The molecule has 0 aliphatic rings. The quantitative estimate of drug-likeness (QED) is 0.814. The SMILES string of the molecule is CCC(C)(OC)C(=O)Nc1c(N)ccc(F)c1F. The van der Waals surface area contributed by atoms with Crippen LogP contribution in [-0.4, -0.2) is 18.6 Å². The Hall–Kier alpha value is -1.69. The maximum absolute atomic E-state index is 13.5. The minimum absolute atomic E-state index is 0.0446. The summed E-state index contributed by atoms with van der Waals surface area (Å²) in [4.78, 5) is 11.9. The number of nitrogen functional groups attached to an aromatic ring is 1. The van der Waals surface area contributed by atoms with E-state index in [1.807, 2.05) is 0 Å². The molecule has 0 aliphatic carbocycles. The van der Waals surface area contributed by atoms with Gasteiger partial charge >= 0.3 is 0 Å². The molecule has 0 spiro atoms. The minimum atomic E-state index is -1.18. The van der Waals surface area contributed by atoms with Crippen LogP contribution >= 0.6 is 0 Å². The van der Waals surface area contributed by atoms with Gasteiger partial charge in [-0.15, -0.1) is 0 Å². The smallest absolute Gasteiger partial charge is 0.256 e. The van der Waals surface area contributed by atoms with Crippen molar-refractivity contribution in [1.29, 1.82) is 0 Å². The molecule has 4 nitrogen and oxygen atoms in total. The molecule has 0 aliphatic heterocycles. The van der Waals surface area contributed by atoms with E-state index in [4.69, 9.17) is 10.5 Å². The number of anilines is 2. The van der Waals surface area contributed by atoms with Crippen LogP contribution < -0.4 is 11.1 Å². The summed E-state index contributed by atoms with van der Waals surface area (Å²) in [7, 11) is 1.37. The summed E-state index contributed by atoms with van der Waals surface area (Å²) in [5.74, 6) is -2.84. The van der Waals surface area contributed by atoms with Gasteiger partial charge in [-0.05, 0) is 25.5 Å². The van der Waals surface area contributed by atoms with Crippen LogP contribution in [0.25, 0.3) is 0 Å². The Bertz CT molecular complexity index is 460. The fourth-order valence-corrected chi connectivity index (χ4v) is 1.34. The van der Waals surface area contributed by atoms with E-state index in [1.165, 1.54) is 13.2 Å². The third kappa shape index (κ3) is 2.59. The molecule has 1 atom stereocenters. The molecule has 0 aromatic heterocycles. The van der Waals surface area contributed by atoms with Crippen molar-refractivity contribution in [1.82, 2.24) is 0 Å². The zero-order chi connectivity index (χ0) is 13.9. The maximum atomic E-state index is 13.5. The number of rotatable bonds is 4. The average Bonchev–Trinajstić information content (AvgIpc) is 2.37. The van der Waals surface area contributed by atoms with Crippen LogP contribution in [0.4, 0.5) is 20.2 Å². The zero-order valence-electron chi connectivity index (χ0n) is 10.5. The van der Waals surface area contributed by atoms with Crippen molar-refractivity contribution in [2.24, 2.45) is 0 Å². The molecule has 3 N–H and O–H groups in total. The molecular formula is C12H16F2N2O2. The second-order valence-corrected chi connectivity index (χ2v) is 4.07. The number of halogens is 2. The van der Waals surface area contributed by atoms with Crippen LogP contribution in [-0.2, 0) is 9.53 Å². The summed E-state index contributed by atoms with van der Waals surface area (Å²) < 4.78 is 31.6. The largest absolute Gasteiger partial charge is 0.397 e. The second kappa shape index (κ2) is 5.30. The molecule has 18 heavy (non-hydrogen) atoms. The van der Waals surface area contributed by atoms with Crippen molar-refractivity contribution in [3.63, 3.8) is 0 Å². The lowest BCUT2D eigenvalue weighted by atomic mass is 10.0. The summed E-state index contributed by atoms with van der Waals surface area (Å²) in [5, 5.41) is 2.26. The standard InChI is InChI=1S/C12H16F2N2O2/c1-4-12(2,18-3)11(17)16-10-8(15)6-5-7(13)9(10)14/h5-6H,4,15H2,1-3H3,(H,16,17). The first kappa shape index (κ1) is 14.4. The summed E-state index contributed by atoms with van der Waals surface area (Å²) in [6.45, 7) is 3.30. The Morgan fingerprint density at radius 3 is 2.61 bits per heavy atom. The molecule has 0 fully saturated rings. The Morgan fingerprint density at radius 2 is 2.11 bits per heavy atom. The van der Waals surface area contributed by atoms with Crippen LogP contribution in [0.5, 0.6) is 0 Å². The molecule has 1 unspecified atom stereocenters. The second-order valence-electron chi connectivity index (χ2n) is 4.07. The predicted octanol–water partition coefficient (Wildman–Crippen LogP) is 2.30. The fraction of sp³-hybridized carbons (Fsp3) is 0.417. The molecule has 0 saturated carbocycles. The highest BCUT2D eigenvalue weighted by molar-refractivity contribution is 5.99. The number of ether oxygens (including phenoxy) is 1. The normalized spacial score (nSPS) is 14.1. The number of hydrogen-bond acceptors (Lipinski definition) is 3. The van der Waals surface area contributed by atoms with Crippen LogP contribution in [0, 0.1) is 11.6 Å². The van der Waals surface area contributed by atoms with Gasteiger partial charge in [0.15, 0.2) is 11.6 Å². The molecule has 1 rings (SSSR count). The highest BCUT2D eigenvalue weighted by Gasteiger charge is 2.32. The zero-order valence-corrected chi connectivity index (χ0v) is 10.5. The van der Waals surface area contributed by atoms with Gasteiger partial charge in [-0.3, -0.25) is 4.79 Å². The third-order valence-electron chi connectivity index (χ3n) is 2.97. The lowest BCUT2D eigenvalue weighted by molar-refractivity contribution is -0.136. The summed E-state index contributed by atoms with van der Waals surface area (Å²) >= 11 is 0. The summed E-state index contributed by atoms with van der Waals surface area (Å²) in [6, 6.07) is 2.08. The van der Waals surface area contributed by atoms with Crippen molar-refractivity contribution < 1.29 is 18.3 Å². The lowest BCUT2D eigenvalue weighted by Gasteiger charge is -2.25. The molecule has 6 heteroatoms. The van der Waals surface area contributed by atoms with Crippen molar-refractivity contribution in [3.8, 4) is 0 Å². The highest BCUT2D eigenvalue weighted by atomic mass is 19.2. The lowest BCUT2D eigenvalue weighted by Crippen LogP contribution is -2.41. The van der Waals surface area contributed by atoms with Gasteiger partial charge in [0, 0.05) is 7.11 Å². The van der Waals surface area contributed by atoms with Gasteiger partial charge in [-0.2, -0.15) is 0 Å². The van der Waals surface area contributed by atoms with Gasteiger partial charge in [0.05, 0.1) is 5.69 Å². The average molecular weight is 258 g/mol. The first-order valence-electron chi connectivity index (χ1n) is 5.45. The molecule has 100 valence electrons. The Labute approximate surface area is 104 Å². The molecule has 1 aromatic carbocycles. The predicted molar refractivity (Wildman–Crippen MR) is 65.1 cm³/mol. The van der Waals surface area contributed by atoms with E-state index in [2.05, 4.69) is 5.32 Å². The molecular weight excluding hydrogens is 242 g/mol. The fourth-order valence-electron chi connectivity index (χ4n) is 1.34. The molecule has 0 bridgehead atoms. The Kier molecular flexibility index (Phi) is 4.24. The van der Waals surface area contributed by atoms with Crippen molar-refractivity contribution in [3.05, 3.63) is 23.8 Å². The topological polar surface area (TPSA) is 64.3 Å². The third-order valence-corrected chi connectivity index (χ3v) is 2.97. The number of methoxy groups -OCH3 is 1. The van der Waals surface area contributed by atoms with Crippen molar-refractivity contribution in [2.45, 2.75) is 25.9 Å². The van der Waals surface area contributed by atoms with E-state index >= 15 is 0 Å². The van der Waals surface area contributed by atoms with Gasteiger partial charge in [0.25, 0.3) is 5.91 Å². The summed E-state index contributed by atoms with van der Waals surface area (Å²) in [6.07, 6.45) is 0.381. The number of carbonyl (C=O) groups is 1. The molecule has 1 aromatic rings. The van der Waals surface area contributed by atoms with Crippen LogP contribution in [0.3, 0.4) is 0 Å². The summed E-state index contributed by atoms with van der Waals surface area (Å²) in [5.41, 5.74) is 3.97. The highest BCUT2D eigenvalue weighted by Crippen LogP contribution is 2.26. The molecule has 0 radical (unpaired) electrons. The van der Waals surface area contributed by atoms with E-state index in [1.54, 1.807) is 13.8 Å². The van der Waals surface area contributed by atoms with Crippen molar-refractivity contribution in [2.75, 3.05) is 18.2 Å². The first-order valence-corrected chi connectivity index (χ1v) is 5.45. The van der Waals surface area contributed by atoms with Crippen LogP contribution in [0.2, 0.25) is 0 Å². The minimum Gasteiger partial charge on any atom is -0.397 e. The number of hydrogen-bond donors (Lipinski definition) is 2. The van der Waals surface area contributed by atoms with E-state index in [-0.39, 0.29) is 11.4 Å². The van der Waals surface area contributed by atoms with Gasteiger partial charge < -0.3 is 15.8 Å². The Balaban J connectivity index is 3.06. The number of carbonyl (C=O) groups excluding carboxylic acids is 1. The van der Waals surface area contributed by atoms with E-state index in [0.29, 0.717) is 6.42 Å². The first-order chi connectivity index (χ1) is 8.35. The number of nitrogens with two attached hydrogens (primary N) is 1.